The highest BCUT2D eigenvalue weighted by molar-refractivity contribution is 7.06. The van der Waals surface area contributed by atoms with Gasteiger partial charge in [0.15, 0.2) is 0 Å². The van der Waals surface area contributed by atoms with Gasteiger partial charge in [0.2, 0.25) is 0 Å². The van der Waals surface area contributed by atoms with Crippen molar-refractivity contribution in [3.63, 3.8) is 0 Å². The third-order valence-electron chi connectivity index (χ3n) is 12.8. The number of benzene rings is 2. The van der Waals surface area contributed by atoms with Crippen molar-refractivity contribution in [3.8, 4) is 11.1 Å². The van der Waals surface area contributed by atoms with E-state index in [-0.39, 0.29) is 36.6 Å². The summed E-state index contributed by atoms with van der Waals surface area (Å²) in [7, 11) is -2.98. The number of hydrogen-bond acceptors (Lipinski definition) is 4. The Morgan fingerprint density at radius 2 is 0.894 bits per heavy atom. The molecule has 5 rings (SSSR count). The average Bonchev–Trinajstić information content (AvgIpc) is 3.51. The van der Waals surface area contributed by atoms with E-state index in [1.54, 1.807) is 10.4 Å². The van der Waals surface area contributed by atoms with Crippen molar-refractivity contribution in [3.05, 3.63) is 36.4 Å². The van der Waals surface area contributed by atoms with Gasteiger partial charge in [-0.2, -0.15) is 0 Å². The highest BCUT2D eigenvalue weighted by atomic mass is 28.3. The molecule has 0 amide bonds. The van der Waals surface area contributed by atoms with Gasteiger partial charge in [0.1, 0.15) is 8.07 Å². The highest BCUT2D eigenvalue weighted by Crippen LogP contribution is 2.42. The van der Waals surface area contributed by atoms with Crippen LogP contribution in [-0.4, -0.2) is 44.7 Å². The number of unbranched alkanes of at least 4 members (excludes halogenated alkanes) is 2. The van der Waals surface area contributed by atoms with Crippen LogP contribution in [-0.2, 0) is 18.6 Å². The molecule has 3 aliphatic heterocycles. The molecule has 0 N–H and O–H groups in total. The minimum absolute atomic E-state index is 0.356. The van der Waals surface area contributed by atoms with Gasteiger partial charge in [0, 0.05) is 0 Å². The maximum absolute atomic E-state index is 6.65. The van der Waals surface area contributed by atoms with Crippen molar-refractivity contribution in [2.24, 2.45) is 11.8 Å². The monoisotopic (exact) mass is 658 g/mol. The first kappa shape index (κ1) is 36.9. The van der Waals surface area contributed by atoms with Gasteiger partial charge in [0.05, 0.1) is 22.4 Å². The van der Waals surface area contributed by atoms with E-state index in [1.807, 2.05) is 0 Å². The Labute approximate surface area is 289 Å². The smallest absolute Gasteiger partial charge is 0.399 e. The van der Waals surface area contributed by atoms with Crippen LogP contribution in [0.5, 0.6) is 0 Å². The second kappa shape index (κ2) is 13.7. The van der Waals surface area contributed by atoms with Crippen molar-refractivity contribution >= 4 is 43.6 Å². The average molecular weight is 659 g/mol. The molecule has 3 heterocycles. The molecular weight excluding hydrogens is 594 g/mol. The van der Waals surface area contributed by atoms with Crippen molar-refractivity contribution < 1.29 is 18.6 Å². The topological polar surface area (TPSA) is 36.9 Å². The summed E-state index contributed by atoms with van der Waals surface area (Å²) in [6.45, 7) is 26.8. The number of rotatable bonds is 14. The molecule has 2 aromatic rings. The van der Waals surface area contributed by atoms with E-state index in [0.717, 1.165) is 0 Å². The van der Waals surface area contributed by atoms with Crippen molar-refractivity contribution in [1.82, 2.24) is 0 Å². The summed E-state index contributed by atoms with van der Waals surface area (Å²) in [5.41, 5.74) is 3.73. The van der Waals surface area contributed by atoms with E-state index in [9.17, 15) is 0 Å². The Hall–Kier alpha value is -1.37. The lowest BCUT2D eigenvalue weighted by atomic mass is 9.77. The van der Waals surface area contributed by atoms with Gasteiger partial charge in [-0.25, -0.2) is 0 Å². The second-order valence-electron chi connectivity index (χ2n) is 17.1. The molecule has 2 saturated heterocycles. The Kier molecular flexibility index (Phi) is 10.8. The van der Waals surface area contributed by atoms with E-state index in [1.165, 1.54) is 85.5 Å². The van der Waals surface area contributed by atoms with Gasteiger partial charge in [0.25, 0.3) is 0 Å². The fraction of sp³-hybridized carbons (Fsp3) is 0.700. The molecule has 7 heteroatoms. The lowest BCUT2D eigenvalue weighted by Crippen LogP contribution is -2.59. The molecule has 0 spiro atoms. The summed E-state index contributed by atoms with van der Waals surface area (Å²) in [6.07, 6.45) is 10.2. The van der Waals surface area contributed by atoms with Gasteiger partial charge in [-0.15, -0.1) is 0 Å². The fourth-order valence-corrected chi connectivity index (χ4v) is 14.8. The fourth-order valence-electron chi connectivity index (χ4n) is 8.18. The zero-order chi connectivity index (χ0) is 34.4. The molecule has 2 atom stereocenters. The molecule has 3 aliphatic rings. The first-order chi connectivity index (χ1) is 22.0. The summed E-state index contributed by atoms with van der Waals surface area (Å²) < 4.78 is 26.6. The molecule has 0 bridgehead atoms. The Morgan fingerprint density at radius 3 is 1.19 bits per heavy atom. The quantitative estimate of drug-likeness (QED) is 0.192. The Morgan fingerprint density at radius 1 is 0.553 bits per heavy atom. The van der Waals surface area contributed by atoms with E-state index >= 15 is 0 Å². The van der Waals surface area contributed by atoms with Crippen LogP contribution in [0.3, 0.4) is 0 Å². The van der Waals surface area contributed by atoms with Crippen LogP contribution in [0.2, 0.25) is 12.1 Å². The van der Waals surface area contributed by atoms with Crippen molar-refractivity contribution in [2.75, 3.05) is 0 Å². The van der Waals surface area contributed by atoms with E-state index in [0.29, 0.717) is 11.8 Å². The third-order valence-corrected chi connectivity index (χ3v) is 18.3. The van der Waals surface area contributed by atoms with E-state index in [2.05, 4.69) is 119 Å². The molecule has 0 aromatic heterocycles. The second-order valence-corrected chi connectivity index (χ2v) is 21.2. The summed E-state index contributed by atoms with van der Waals surface area (Å²) >= 11 is 0. The van der Waals surface area contributed by atoms with E-state index in [4.69, 9.17) is 18.6 Å². The van der Waals surface area contributed by atoms with Gasteiger partial charge in [-0.1, -0.05) is 115 Å². The molecule has 47 heavy (non-hydrogen) atoms. The SMILES string of the molecule is CCCCC(CC)C[Si]1(CC(CC)CCCC)c2cc(B3OC(C)(C)C(C)(C)O3)ccc2-c2ccc(B3OC(C)(C)C(C)(C)O3)cc21. The van der Waals surface area contributed by atoms with Gasteiger partial charge >= 0.3 is 14.2 Å². The normalized spacial score (nSPS) is 22.7. The maximum Gasteiger partial charge on any atom is 0.494 e. The number of fused-ring (bicyclic) bond motifs is 3. The summed E-state index contributed by atoms with van der Waals surface area (Å²) in [5, 5.41) is 3.21. The highest BCUT2D eigenvalue weighted by Gasteiger charge is 2.55. The minimum atomic E-state index is -2.27. The molecule has 2 aromatic carbocycles. The predicted octanol–water partition coefficient (Wildman–Crippen LogP) is 8.26. The van der Waals surface area contributed by atoms with Gasteiger partial charge in [-0.05, 0) is 112 Å². The molecule has 258 valence electrons. The Bertz CT molecular complexity index is 1270. The Balaban J connectivity index is 1.69. The molecule has 2 fully saturated rings. The molecule has 4 nitrogen and oxygen atoms in total. The van der Waals surface area contributed by atoms with Crippen molar-refractivity contribution in [2.45, 2.75) is 169 Å². The zero-order valence-corrected chi connectivity index (χ0v) is 33.0. The summed E-state index contributed by atoms with van der Waals surface area (Å²) in [6, 6.07) is 17.0. The maximum atomic E-state index is 6.65. The van der Waals surface area contributed by atoms with E-state index < -0.39 is 8.07 Å². The van der Waals surface area contributed by atoms with Crippen LogP contribution < -0.4 is 21.3 Å². The zero-order valence-electron chi connectivity index (χ0n) is 32.0. The molecule has 2 unspecified atom stereocenters. The lowest BCUT2D eigenvalue weighted by molar-refractivity contribution is 0.00578. The van der Waals surface area contributed by atoms with Crippen LogP contribution in [0, 0.1) is 11.8 Å². The van der Waals surface area contributed by atoms with Gasteiger partial charge in [-0.3, -0.25) is 0 Å². The predicted molar refractivity (Wildman–Crippen MR) is 205 cm³/mol. The van der Waals surface area contributed by atoms with Crippen LogP contribution >= 0.6 is 0 Å². The van der Waals surface area contributed by atoms with Crippen LogP contribution in [0.4, 0.5) is 0 Å². The van der Waals surface area contributed by atoms with Crippen LogP contribution in [0.1, 0.15) is 134 Å². The third kappa shape index (κ3) is 6.87. The summed E-state index contributed by atoms with van der Waals surface area (Å²) in [4.78, 5) is 0. The minimum Gasteiger partial charge on any atom is -0.399 e. The van der Waals surface area contributed by atoms with Crippen LogP contribution in [0.15, 0.2) is 36.4 Å². The van der Waals surface area contributed by atoms with Crippen LogP contribution in [0.25, 0.3) is 11.1 Å². The van der Waals surface area contributed by atoms with Gasteiger partial charge < -0.3 is 18.6 Å². The standard InChI is InChI=1S/C40H64B2O4Si/c1-13-17-19-29(15-3)27-47(28-30(16-4)20-18-14-2)35-25-31(41-43-37(5,6)38(7,8)44-41)21-23-33(35)34-24-22-32(26-36(34)47)42-45-39(9,10)40(11,12)46-42/h21-26,29-30H,13-20,27-28H2,1-12H3. The molecule has 0 aliphatic carbocycles. The largest absolute Gasteiger partial charge is 0.494 e. The lowest BCUT2D eigenvalue weighted by Gasteiger charge is -2.37. The number of hydrogen-bond donors (Lipinski definition) is 0. The molecule has 0 saturated carbocycles. The van der Waals surface area contributed by atoms with Crippen molar-refractivity contribution in [1.29, 1.82) is 0 Å². The summed E-state index contributed by atoms with van der Waals surface area (Å²) in [5.74, 6) is 1.43. The molecular formula is C40H64B2O4Si. The first-order valence-electron chi connectivity index (χ1n) is 19.0. The first-order valence-corrected chi connectivity index (χ1v) is 21.5. The molecule has 0 radical (unpaired) electrons.